The summed E-state index contributed by atoms with van der Waals surface area (Å²) in [6, 6.07) is 25.9. The molecule has 68 heavy (non-hydrogen) atoms. The Kier molecular flexibility index (Phi) is 15.9. The van der Waals surface area contributed by atoms with Gasteiger partial charge in [-0.2, -0.15) is 0 Å². The molecule has 4 aromatic carbocycles. The van der Waals surface area contributed by atoms with E-state index in [2.05, 4.69) is 17.8 Å². The highest BCUT2D eigenvalue weighted by Crippen LogP contribution is 2.62. The van der Waals surface area contributed by atoms with Crippen LogP contribution >= 0.6 is 0 Å². The van der Waals surface area contributed by atoms with Crippen LogP contribution in [0.15, 0.2) is 120 Å². The van der Waals surface area contributed by atoms with Crippen molar-refractivity contribution in [2.45, 2.75) is 75.8 Å². The number of nitro groups is 1. The van der Waals surface area contributed by atoms with Crippen molar-refractivity contribution in [2.24, 2.45) is 22.9 Å². The summed E-state index contributed by atoms with van der Waals surface area (Å²) >= 11 is 0. The average Bonchev–Trinajstić information content (AvgIpc) is 3.83. The van der Waals surface area contributed by atoms with E-state index in [1.807, 2.05) is 60.7 Å². The second-order valence-corrected chi connectivity index (χ2v) is 17.3. The number of ether oxygens (including phenoxy) is 7. The minimum atomic E-state index is -1.57. The Morgan fingerprint density at radius 3 is 2.47 bits per heavy atom. The fourth-order valence-electron chi connectivity index (χ4n) is 10.2. The lowest BCUT2D eigenvalue weighted by Crippen LogP contribution is -2.70. The van der Waals surface area contributed by atoms with Crippen molar-refractivity contribution in [2.75, 3.05) is 46.9 Å². The molecule has 2 heterocycles. The van der Waals surface area contributed by atoms with Crippen molar-refractivity contribution in [3.05, 3.63) is 142 Å². The number of non-ortho nitro benzene ring substituents is 1. The van der Waals surface area contributed by atoms with E-state index in [1.165, 1.54) is 19.2 Å². The van der Waals surface area contributed by atoms with Gasteiger partial charge in [0.05, 0.1) is 42.4 Å². The Morgan fingerprint density at radius 2 is 1.69 bits per heavy atom. The number of benzene rings is 4. The third-order valence-electron chi connectivity index (χ3n) is 13.1. The molecule has 0 aromatic heterocycles. The molecule has 2 aliphatic heterocycles. The predicted octanol–water partition coefficient (Wildman–Crippen LogP) is 9.23. The fourth-order valence-corrected chi connectivity index (χ4v) is 10.2. The van der Waals surface area contributed by atoms with E-state index in [0.717, 1.165) is 47.9 Å². The van der Waals surface area contributed by atoms with Gasteiger partial charge in [-0.05, 0) is 90.6 Å². The summed E-state index contributed by atoms with van der Waals surface area (Å²) in [6.45, 7) is 4.77. The Balaban J connectivity index is 1.26. The number of nitro benzene ring substituents is 1. The zero-order valence-corrected chi connectivity index (χ0v) is 38.2. The van der Waals surface area contributed by atoms with E-state index in [-0.39, 0.29) is 76.2 Å². The molecule has 2 N–H and O–H groups in total. The van der Waals surface area contributed by atoms with Gasteiger partial charge in [0.15, 0.2) is 11.5 Å². The summed E-state index contributed by atoms with van der Waals surface area (Å²) in [4.78, 5) is 33.4. The van der Waals surface area contributed by atoms with Crippen LogP contribution in [0.2, 0.25) is 0 Å². The normalized spacial score (nSPS) is 22.5. The van der Waals surface area contributed by atoms with E-state index >= 15 is 0 Å². The number of allylic oxidation sites excluding steroid dienone is 1. The number of oxime groups is 1. The van der Waals surface area contributed by atoms with Crippen molar-refractivity contribution >= 4 is 17.5 Å². The first-order valence-corrected chi connectivity index (χ1v) is 23.2. The molecule has 1 saturated carbocycles. The fraction of sp³-hybridized carbons (Fsp3) is 0.423. The number of carbonyl (C=O) groups is 1. The molecule has 2 aliphatic carbocycles. The van der Waals surface area contributed by atoms with Gasteiger partial charge in [0.1, 0.15) is 37.0 Å². The number of aliphatic hydroxyl groups is 2. The third-order valence-corrected chi connectivity index (χ3v) is 13.1. The second-order valence-electron chi connectivity index (χ2n) is 17.3. The van der Waals surface area contributed by atoms with Gasteiger partial charge in [-0.3, -0.25) is 15.0 Å². The third kappa shape index (κ3) is 10.6. The lowest BCUT2D eigenvalue weighted by atomic mass is 9.55. The topological polar surface area (TPSA) is 190 Å². The van der Waals surface area contributed by atoms with Crippen LogP contribution in [0, 0.1) is 27.9 Å². The number of hydrogen-bond donors (Lipinski definition) is 2. The van der Waals surface area contributed by atoms with E-state index in [1.54, 1.807) is 29.2 Å². The molecule has 8 rings (SSSR count). The number of unbranched alkanes of at least 4 members (excludes halogenated alkanes) is 2. The van der Waals surface area contributed by atoms with Crippen molar-refractivity contribution in [1.29, 1.82) is 0 Å². The molecule has 16 nitrogen and oxygen atoms in total. The minimum absolute atomic E-state index is 0.00918. The highest BCUT2D eigenvalue weighted by Gasteiger charge is 2.65. The van der Waals surface area contributed by atoms with Crippen LogP contribution in [0.3, 0.4) is 0 Å². The minimum Gasteiger partial charge on any atom is -0.459 e. The molecule has 360 valence electrons. The maximum atomic E-state index is 15.0. The number of amides is 1. The summed E-state index contributed by atoms with van der Waals surface area (Å²) in [5.74, 6) is -0.215. The van der Waals surface area contributed by atoms with Crippen LogP contribution < -0.4 is 18.9 Å². The molecular weight excluding hydrogens is 875 g/mol. The highest BCUT2D eigenvalue weighted by molar-refractivity contribution is 6.03. The molecule has 1 amide bonds. The van der Waals surface area contributed by atoms with E-state index < -0.39 is 28.8 Å². The lowest BCUT2D eigenvalue weighted by Gasteiger charge is -2.59. The first kappa shape index (κ1) is 48.0. The van der Waals surface area contributed by atoms with Crippen molar-refractivity contribution in [3.63, 3.8) is 0 Å². The summed E-state index contributed by atoms with van der Waals surface area (Å²) < 4.78 is 44.2. The molecule has 16 heteroatoms. The van der Waals surface area contributed by atoms with Crippen LogP contribution in [0.25, 0.3) is 0 Å². The molecule has 0 saturated heterocycles. The van der Waals surface area contributed by atoms with Crippen LogP contribution in [0.1, 0.15) is 67.6 Å². The standard InChI is InChI=1S/C52H59N3O13/c1-3-24-66-52-48(54(32-36-18-20-46-47(27-36)65-34-64-46)51(58)63-26-25-62-33-35-12-5-4-6-13-35)31-44(53-61-2)42-28-37(14-7-9-22-56)41(17-8-10-23-57)49(50(42)52)43-30-40(19-21-45(43)68-52)67-39-16-11-15-38(29-39)55(59)60/h3-6,11-13,15-16,18-21,27-30,37,41,48-50,56-57H,1,7-10,14,17,22-26,31-34H2,2H3/t37-,41+,48-,49+,50+,52+/m0/s1. The van der Waals surface area contributed by atoms with Crippen LogP contribution in [0.4, 0.5) is 10.5 Å². The van der Waals surface area contributed by atoms with E-state index in [0.29, 0.717) is 53.9 Å². The zero-order chi connectivity index (χ0) is 47.5. The number of fused-ring (bicyclic) bond motifs is 3. The van der Waals surface area contributed by atoms with Gasteiger partial charge in [-0.15, -0.1) is 6.58 Å². The Bertz CT molecular complexity index is 2450. The summed E-state index contributed by atoms with van der Waals surface area (Å²) in [5, 5.41) is 36.3. The van der Waals surface area contributed by atoms with Crippen molar-refractivity contribution in [3.8, 4) is 28.7 Å². The van der Waals surface area contributed by atoms with Gasteiger partial charge < -0.3 is 48.2 Å². The number of nitrogens with zero attached hydrogens (tertiary/aromatic N) is 3. The molecule has 0 unspecified atom stereocenters. The quantitative estimate of drug-likeness (QED) is 0.0310. The van der Waals surface area contributed by atoms with Gasteiger partial charge in [-0.1, -0.05) is 72.6 Å². The van der Waals surface area contributed by atoms with Crippen LogP contribution in [0.5, 0.6) is 28.7 Å². The molecule has 6 atom stereocenters. The molecule has 0 spiro atoms. The highest BCUT2D eigenvalue weighted by atomic mass is 16.7. The molecule has 0 radical (unpaired) electrons. The summed E-state index contributed by atoms with van der Waals surface area (Å²) in [7, 11) is 1.49. The maximum Gasteiger partial charge on any atom is 0.410 e. The number of carbonyl (C=O) groups excluding carboxylic acids is 1. The van der Waals surface area contributed by atoms with E-state index in [4.69, 9.17) is 38.0 Å². The smallest absolute Gasteiger partial charge is 0.410 e. The summed E-state index contributed by atoms with van der Waals surface area (Å²) in [5.41, 5.74) is 3.90. The molecule has 0 bridgehead atoms. The SMILES string of the molecule is C=CCO[C@@]12Oc3ccc(Oc4cccc([N+](=O)[O-])c4)cc3[C@H]3[C@H](CCCCO)[C@@H](CCCCO)C=C(C(=NOC)C[C@@H]1N(Cc1ccc4c(c1)OCO4)C(=O)OCCOCc1ccccc1)[C@H]32. The lowest BCUT2D eigenvalue weighted by molar-refractivity contribution is -0.384. The van der Waals surface area contributed by atoms with Gasteiger partial charge >= 0.3 is 6.09 Å². The van der Waals surface area contributed by atoms with Gasteiger partial charge in [0.25, 0.3) is 5.69 Å². The van der Waals surface area contributed by atoms with Gasteiger partial charge in [0, 0.05) is 43.7 Å². The molecular formula is C52H59N3O13. The van der Waals surface area contributed by atoms with Crippen LogP contribution in [-0.4, -0.2) is 90.6 Å². The zero-order valence-electron chi connectivity index (χ0n) is 38.2. The Hall–Kier alpha value is -6.46. The van der Waals surface area contributed by atoms with Crippen LogP contribution in [-0.2, 0) is 32.2 Å². The van der Waals surface area contributed by atoms with Gasteiger partial charge in [-0.25, -0.2) is 4.79 Å². The number of rotatable bonds is 23. The predicted molar refractivity (Wildman–Crippen MR) is 251 cm³/mol. The number of aliphatic hydroxyl groups excluding tert-OH is 2. The molecule has 4 aromatic rings. The van der Waals surface area contributed by atoms with Crippen molar-refractivity contribution in [1.82, 2.24) is 4.90 Å². The van der Waals surface area contributed by atoms with Crippen molar-refractivity contribution < 1.29 is 57.9 Å². The van der Waals surface area contributed by atoms with E-state index in [9.17, 15) is 25.1 Å². The van der Waals surface area contributed by atoms with Gasteiger partial charge in [0.2, 0.25) is 12.6 Å². The second kappa shape index (κ2) is 22.6. The largest absolute Gasteiger partial charge is 0.459 e. The summed E-state index contributed by atoms with van der Waals surface area (Å²) in [6.07, 6.45) is 7.60. The monoisotopic (exact) mass is 933 g/mol. The maximum absolute atomic E-state index is 15.0. The first-order valence-electron chi connectivity index (χ1n) is 23.2. The number of hydrogen-bond acceptors (Lipinski definition) is 14. The first-order chi connectivity index (χ1) is 33.3. The Morgan fingerprint density at radius 1 is 0.912 bits per heavy atom. The molecule has 4 aliphatic rings. The molecule has 1 fully saturated rings. The average molecular weight is 934 g/mol. The Labute approximate surface area is 395 Å².